The first-order valence-electron chi connectivity index (χ1n) is 7.83. The second kappa shape index (κ2) is 6.98. The monoisotopic (exact) mass is 320 g/mol. The molecule has 23 heavy (non-hydrogen) atoms. The number of methoxy groups -OCH3 is 1. The first-order valence-corrected chi connectivity index (χ1v) is 7.83. The smallest absolute Gasteiger partial charge is 0.410 e. The molecule has 0 radical (unpaired) electrons. The predicted molar refractivity (Wildman–Crippen MR) is 85.4 cm³/mol. The molecule has 126 valence electrons. The molecule has 1 amide bonds. The Morgan fingerprint density at radius 2 is 1.87 bits per heavy atom. The van der Waals surface area contributed by atoms with E-state index >= 15 is 0 Å². The number of nitrogens with zero attached hydrogens (tertiary/aromatic N) is 2. The lowest BCUT2D eigenvalue weighted by atomic mass is 9.93. The number of rotatable bonds is 2. The summed E-state index contributed by atoms with van der Waals surface area (Å²) in [4.78, 5) is 29.7. The van der Waals surface area contributed by atoms with Gasteiger partial charge in [0, 0.05) is 24.7 Å². The van der Waals surface area contributed by atoms with Crippen molar-refractivity contribution in [2.45, 2.75) is 45.1 Å². The largest absolute Gasteiger partial charge is 0.464 e. The fraction of sp³-hybridized carbons (Fsp3) is 0.588. The number of pyridine rings is 1. The van der Waals surface area contributed by atoms with E-state index in [0.717, 1.165) is 18.5 Å². The molecule has 0 atom stereocenters. The molecule has 0 aliphatic carbocycles. The summed E-state index contributed by atoms with van der Waals surface area (Å²) < 4.78 is 10.1. The summed E-state index contributed by atoms with van der Waals surface area (Å²) in [5.74, 6) is -0.198. The van der Waals surface area contributed by atoms with Crippen molar-refractivity contribution in [2.75, 3.05) is 20.2 Å². The van der Waals surface area contributed by atoms with E-state index in [1.165, 1.54) is 7.11 Å². The molecule has 1 aliphatic rings. The van der Waals surface area contributed by atoms with E-state index < -0.39 is 11.6 Å². The molecule has 0 aromatic carbocycles. The number of esters is 1. The Balaban J connectivity index is 1.97. The average molecular weight is 320 g/mol. The van der Waals surface area contributed by atoms with E-state index in [-0.39, 0.29) is 12.0 Å². The maximum atomic E-state index is 12.1. The fourth-order valence-electron chi connectivity index (χ4n) is 2.58. The maximum Gasteiger partial charge on any atom is 0.410 e. The lowest BCUT2D eigenvalue weighted by Gasteiger charge is -2.33. The Morgan fingerprint density at radius 1 is 1.22 bits per heavy atom. The summed E-state index contributed by atoms with van der Waals surface area (Å²) in [5.41, 5.74) is 0.709. The Hall–Kier alpha value is -2.11. The number of aromatic nitrogens is 1. The van der Waals surface area contributed by atoms with Crippen LogP contribution in [0.2, 0.25) is 0 Å². The molecule has 1 fully saturated rings. The van der Waals surface area contributed by atoms with Gasteiger partial charge in [0.15, 0.2) is 0 Å². The minimum atomic E-state index is -0.482. The second-order valence-electron chi connectivity index (χ2n) is 6.68. The summed E-state index contributed by atoms with van der Waals surface area (Å²) in [6.45, 7) is 6.84. The highest BCUT2D eigenvalue weighted by molar-refractivity contribution is 5.87. The molecule has 0 bridgehead atoms. The summed E-state index contributed by atoms with van der Waals surface area (Å²) in [6.07, 6.45) is 1.33. The minimum absolute atomic E-state index is 0.235. The van der Waals surface area contributed by atoms with Gasteiger partial charge in [-0.3, -0.25) is 0 Å². The number of amides is 1. The number of carbonyl (C=O) groups is 2. The normalized spacial score (nSPS) is 16.1. The van der Waals surface area contributed by atoms with Gasteiger partial charge in [0.1, 0.15) is 11.3 Å². The molecule has 0 saturated carbocycles. The van der Waals surface area contributed by atoms with Gasteiger partial charge in [-0.05, 0) is 45.7 Å². The molecule has 2 heterocycles. The average Bonchev–Trinajstić information content (AvgIpc) is 2.53. The standard InChI is InChI=1S/C17H24N2O4/c1-17(2,3)23-16(21)19-10-8-12(9-11-19)13-6-5-7-14(18-13)15(20)22-4/h5-7,12H,8-11H2,1-4H3. The van der Waals surface area contributed by atoms with E-state index in [1.807, 2.05) is 32.9 Å². The zero-order valence-corrected chi connectivity index (χ0v) is 14.2. The van der Waals surface area contributed by atoms with Crippen LogP contribution in [0, 0.1) is 0 Å². The van der Waals surface area contributed by atoms with Gasteiger partial charge in [-0.1, -0.05) is 6.07 Å². The summed E-state index contributed by atoms with van der Waals surface area (Å²) in [7, 11) is 1.34. The highest BCUT2D eigenvalue weighted by Crippen LogP contribution is 2.27. The van der Waals surface area contributed by atoms with Crippen LogP contribution in [-0.2, 0) is 9.47 Å². The van der Waals surface area contributed by atoms with Crippen molar-refractivity contribution in [1.82, 2.24) is 9.88 Å². The zero-order chi connectivity index (χ0) is 17.0. The molecule has 1 aliphatic heterocycles. The molecule has 2 rings (SSSR count). The molecule has 6 heteroatoms. The molecule has 0 spiro atoms. The summed E-state index contributed by atoms with van der Waals surface area (Å²) in [5, 5.41) is 0. The van der Waals surface area contributed by atoms with Gasteiger partial charge in [0.05, 0.1) is 7.11 Å². The molecule has 1 saturated heterocycles. The van der Waals surface area contributed by atoms with E-state index in [1.54, 1.807) is 11.0 Å². The van der Waals surface area contributed by atoms with Crippen LogP contribution >= 0.6 is 0 Å². The van der Waals surface area contributed by atoms with Gasteiger partial charge in [0.2, 0.25) is 0 Å². The first kappa shape index (κ1) is 17.2. The lowest BCUT2D eigenvalue weighted by molar-refractivity contribution is 0.0204. The van der Waals surface area contributed by atoms with Crippen molar-refractivity contribution in [2.24, 2.45) is 0 Å². The van der Waals surface area contributed by atoms with Crippen LogP contribution in [0.3, 0.4) is 0 Å². The molecular weight excluding hydrogens is 296 g/mol. The molecular formula is C17H24N2O4. The van der Waals surface area contributed by atoms with Crippen molar-refractivity contribution in [3.63, 3.8) is 0 Å². The molecule has 1 aromatic rings. The molecule has 0 N–H and O–H groups in total. The third-order valence-corrected chi connectivity index (χ3v) is 3.73. The fourth-order valence-corrected chi connectivity index (χ4v) is 2.58. The number of carbonyl (C=O) groups excluding carboxylic acids is 2. The van der Waals surface area contributed by atoms with Gasteiger partial charge < -0.3 is 14.4 Å². The Bertz CT molecular complexity index is 572. The van der Waals surface area contributed by atoms with Crippen LogP contribution < -0.4 is 0 Å². The van der Waals surface area contributed by atoms with Crippen LogP contribution in [0.15, 0.2) is 18.2 Å². The van der Waals surface area contributed by atoms with Gasteiger partial charge in [-0.25, -0.2) is 14.6 Å². The SMILES string of the molecule is COC(=O)c1cccc(C2CCN(C(=O)OC(C)(C)C)CC2)n1. The van der Waals surface area contributed by atoms with Crippen molar-refractivity contribution in [3.05, 3.63) is 29.6 Å². The van der Waals surface area contributed by atoms with E-state index in [0.29, 0.717) is 18.8 Å². The van der Waals surface area contributed by atoms with Gasteiger partial charge in [0.25, 0.3) is 0 Å². The van der Waals surface area contributed by atoms with Crippen LogP contribution in [-0.4, -0.2) is 47.7 Å². The molecule has 6 nitrogen and oxygen atoms in total. The summed E-state index contributed by atoms with van der Waals surface area (Å²) in [6, 6.07) is 5.38. The van der Waals surface area contributed by atoms with Crippen LogP contribution in [0.5, 0.6) is 0 Å². The Morgan fingerprint density at radius 3 is 2.43 bits per heavy atom. The Labute approximate surface area is 136 Å². The number of piperidine rings is 1. The minimum Gasteiger partial charge on any atom is -0.464 e. The second-order valence-corrected chi connectivity index (χ2v) is 6.68. The van der Waals surface area contributed by atoms with E-state index in [9.17, 15) is 9.59 Å². The number of ether oxygens (including phenoxy) is 2. The first-order chi connectivity index (χ1) is 10.8. The zero-order valence-electron chi connectivity index (χ0n) is 14.2. The van der Waals surface area contributed by atoms with E-state index in [2.05, 4.69) is 4.98 Å². The van der Waals surface area contributed by atoms with Gasteiger partial charge >= 0.3 is 12.1 Å². The Kier molecular flexibility index (Phi) is 5.23. The van der Waals surface area contributed by atoms with Gasteiger partial charge in [-0.15, -0.1) is 0 Å². The lowest BCUT2D eigenvalue weighted by Crippen LogP contribution is -2.41. The van der Waals surface area contributed by atoms with Crippen molar-refractivity contribution >= 4 is 12.1 Å². The summed E-state index contributed by atoms with van der Waals surface area (Å²) >= 11 is 0. The van der Waals surface area contributed by atoms with Crippen molar-refractivity contribution in [3.8, 4) is 0 Å². The number of hydrogen-bond acceptors (Lipinski definition) is 5. The van der Waals surface area contributed by atoms with E-state index in [4.69, 9.17) is 9.47 Å². The van der Waals surface area contributed by atoms with Crippen molar-refractivity contribution in [1.29, 1.82) is 0 Å². The van der Waals surface area contributed by atoms with Gasteiger partial charge in [-0.2, -0.15) is 0 Å². The van der Waals surface area contributed by atoms with Crippen LogP contribution in [0.25, 0.3) is 0 Å². The molecule has 0 unspecified atom stereocenters. The third kappa shape index (κ3) is 4.68. The number of hydrogen-bond donors (Lipinski definition) is 0. The third-order valence-electron chi connectivity index (χ3n) is 3.73. The molecule has 1 aromatic heterocycles. The maximum absolute atomic E-state index is 12.1. The van der Waals surface area contributed by atoms with Crippen LogP contribution in [0.4, 0.5) is 4.79 Å². The quantitative estimate of drug-likeness (QED) is 0.784. The highest BCUT2D eigenvalue weighted by Gasteiger charge is 2.28. The highest BCUT2D eigenvalue weighted by atomic mass is 16.6. The topological polar surface area (TPSA) is 68.7 Å². The number of likely N-dealkylation sites (tertiary alicyclic amines) is 1. The predicted octanol–water partition coefficient (Wildman–Crippen LogP) is 2.98. The van der Waals surface area contributed by atoms with Crippen LogP contribution in [0.1, 0.15) is 55.7 Å². The van der Waals surface area contributed by atoms with Crippen molar-refractivity contribution < 1.29 is 19.1 Å².